The van der Waals surface area contributed by atoms with Crippen LogP contribution in [0.2, 0.25) is 0 Å². The van der Waals surface area contributed by atoms with Gasteiger partial charge in [0.05, 0.1) is 13.2 Å². The molecule has 11 heteroatoms. The van der Waals surface area contributed by atoms with Crippen LogP contribution in [0.4, 0.5) is 10.6 Å². The summed E-state index contributed by atoms with van der Waals surface area (Å²) in [5.74, 6) is 7.08. The second-order valence-corrected chi connectivity index (χ2v) is 10.0. The molecule has 1 aliphatic heterocycles. The first kappa shape index (κ1) is 26.6. The summed E-state index contributed by atoms with van der Waals surface area (Å²) >= 11 is 0. The normalized spacial score (nSPS) is 15.3. The number of pyridine rings is 1. The number of nitrogens with two attached hydrogens (primary N) is 1. The van der Waals surface area contributed by atoms with Crippen LogP contribution < -0.4 is 15.9 Å². The fourth-order valence-electron chi connectivity index (χ4n) is 4.37. The fraction of sp³-hybridized carbons (Fsp3) is 0.370. The highest BCUT2D eigenvalue weighted by molar-refractivity contribution is 6.04. The molecule has 11 nitrogen and oxygen atoms in total. The molecule has 1 aromatic carbocycles. The standard InChI is InChI=1S/C27H32N6O5/c1-16(34)23-22(31-24(33(23)28)20-7-6-14-32(20)26(36)38-27(2,3)4)17-8-10-18(11-9-17)25(35)30-21-15-19(37-5)12-13-29-21/h8-13,15,20H,6-7,14,28H2,1-5H3,(H,29,30,35)/t20-/m0/s1. The number of anilines is 1. The second kappa shape index (κ2) is 10.5. The van der Waals surface area contributed by atoms with E-state index in [0.29, 0.717) is 47.2 Å². The number of aromatic nitrogens is 3. The number of benzene rings is 1. The Balaban J connectivity index is 1.61. The van der Waals surface area contributed by atoms with Gasteiger partial charge in [-0.3, -0.25) is 14.5 Å². The third-order valence-corrected chi connectivity index (χ3v) is 6.08. The average molecular weight is 521 g/mol. The predicted octanol–water partition coefficient (Wildman–Crippen LogP) is 4.19. The summed E-state index contributed by atoms with van der Waals surface area (Å²) in [4.78, 5) is 48.6. The highest BCUT2D eigenvalue weighted by Gasteiger charge is 2.37. The van der Waals surface area contributed by atoms with Crippen molar-refractivity contribution in [2.45, 2.75) is 52.2 Å². The maximum Gasteiger partial charge on any atom is 0.410 e. The monoisotopic (exact) mass is 520 g/mol. The smallest absolute Gasteiger partial charge is 0.410 e. The minimum absolute atomic E-state index is 0.217. The molecule has 0 radical (unpaired) electrons. The minimum Gasteiger partial charge on any atom is -0.497 e. The van der Waals surface area contributed by atoms with E-state index < -0.39 is 17.7 Å². The van der Waals surface area contributed by atoms with Crippen LogP contribution in [-0.4, -0.2) is 56.6 Å². The molecule has 1 saturated heterocycles. The highest BCUT2D eigenvalue weighted by atomic mass is 16.6. The van der Waals surface area contributed by atoms with Crippen LogP contribution in [0.5, 0.6) is 5.75 Å². The van der Waals surface area contributed by atoms with Gasteiger partial charge in [0.2, 0.25) is 0 Å². The van der Waals surface area contributed by atoms with Crippen molar-refractivity contribution in [2.75, 3.05) is 24.8 Å². The predicted molar refractivity (Wildman–Crippen MR) is 141 cm³/mol. The van der Waals surface area contributed by atoms with E-state index in [4.69, 9.17) is 20.3 Å². The van der Waals surface area contributed by atoms with Crippen molar-refractivity contribution >= 4 is 23.6 Å². The number of hydrogen-bond acceptors (Lipinski definition) is 8. The highest BCUT2D eigenvalue weighted by Crippen LogP contribution is 2.35. The molecular weight excluding hydrogens is 488 g/mol. The quantitative estimate of drug-likeness (QED) is 0.364. The van der Waals surface area contributed by atoms with Crippen LogP contribution in [0.1, 0.15) is 73.2 Å². The van der Waals surface area contributed by atoms with Crippen LogP contribution >= 0.6 is 0 Å². The van der Waals surface area contributed by atoms with Crippen LogP contribution in [-0.2, 0) is 4.74 Å². The number of nitrogens with zero attached hydrogens (tertiary/aromatic N) is 4. The Morgan fingerprint density at radius 1 is 1.13 bits per heavy atom. The Hall–Kier alpha value is -4.41. The first-order valence-corrected chi connectivity index (χ1v) is 12.3. The van der Waals surface area contributed by atoms with E-state index in [0.717, 1.165) is 6.42 Å². The minimum atomic E-state index is -0.644. The molecule has 0 spiro atoms. The van der Waals surface area contributed by atoms with Gasteiger partial charge in [0.1, 0.15) is 28.6 Å². The third-order valence-electron chi connectivity index (χ3n) is 6.08. The molecule has 3 heterocycles. The van der Waals surface area contributed by atoms with Gasteiger partial charge in [0, 0.05) is 36.9 Å². The molecule has 1 aliphatic rings. The van der Waals surface area contributed by atoms with E-state index >= 15 is 0 Å². The Morgan fingerprint density at radius 3 is 2.47 bits per heavy atom. The van der Waals surface area contributed by atoms with Gasteiger partial charge in [-0.1, -0.05) is 12.1 Å². The maximum absolute atomic E-state index is 12.8. The Morgan fingerprint density at radius 2 is 1.84 bits per heavy atom. The van der Waals surface area contributed by atoms with Crippen LogP contribution in [0, 0.1) is 0 Å². The molecule has 200 valence electrons. The van der Waals surface area contributed by atoms with Crippen LogP contribution in [0.3, 0.4) is 0 Å². The van der Waals surface area contributed by atoms with E-state index in [2.05, 4.69) is 10.3 Å². The number of rotatable bonds is 6. The molecule has 3 aromatic rings. The van der Waals surface area contributed by atoms with Gasteiger partial charge < -0.3 is 20.6 Å². The average Bonchev–Trinajstić information content (AvgIpc) is 3.47. The van der Waals surface area contributed by atoms with Crippen LogP contribution in [0.25, 0.3) is 11.3 Å². The number of carbonyl (C=O) groups excluding carboxylic acids is 3. The van der Waals surface area contributed by atoms with E-state index in [1.165, 1.54) is 24.9 Å². The molecule has 0 unspecified atom stereocenters. The molecular formula is C27H32N6O5. The molecule has 0 saturated carbocycles. The van der Waals surface area contributed by atoms with Crippen molar-refractivity contribution in [1.29, 1.82) is 0 Å². The molecule has 0 aliphatic carbocycles. The second-order valence-electron chi connectivity index (χ2n) is 10.0. The van der Waals surface area contributed by atoms with E-state index in [9.17, 15) is 14.4 Å². The molecule has 4 rings (SSSR count). The number of likely N-dealkylation sites (tertiary alicyclic amines) is 1. The van der Waals surface area contributed by atoms with Crippen molar-refractivity contribution in [3.05, 3.63) is 59.7 Å². The summed E-state index contributed by atoms with van der Waals surface area (Å²) in [6, 6.07) is 9.53. The molecule has 3 N–H and O–H groups in total. The number of amides is 2. The summed E-state index contributed by atoms with van der Waals surface area (Å²) in [5, 5.41) is 2.73. The van der Waals surface area contributed by atoms with E-state index in [-0.39, 0.29) is 17.4 Å². The number of Topliss-reactive ketones (excluding diaryl/α,β-unsaturated/α-hetero) is 1. The molecule has 2 aromatic heterocycles. The summed E-state index contributed by atoms with van der Waals surface area (Å²) in [5.41, 5.74) is 0.955. The summed E-state index contributed by atoms with van der Waals surface area (Å²) in [6.07, 6.45) is 2.49. The summed E-state index contributed by atoms with van der Waals surface area (Å²) in [7, 11) is 1.53. The van der Waals surface area contributed by atoms with Gasteiger partial charge >= 0.3 is 6.09 Å². The van der Waals surface area contributed by atoms with Gasteiger partial charge in [-0.05, 0) is 51.8 Å². The van der Waals surface area contributed by atoms with Crippen molar-refractivity contribution in [2.24, 2.45) is 0 Å². The molecule has 38 heavy (non-hydrogen) atoms. The topological polar surface area (TPSA) is 142 Å². The largest absolute Gasteiger partial charge is 0.497 e. The Kier molecular flexibility index (Phi) is 7.38. The van der Waals surface area contributed by atoms with E-state index in [1.807, 2.05) is 20.8 Å². The number of imidazole rings is 1. The lowest BCUT2D eigenvalue weighted by molar-refractivity contribution is 0.0217. The van der Waals surface area contributed by atoms with Crippen molar-refractivity contribution in [3.8, 4) is 17.0 Å². The number of ketones is 1. The number of nitrogens with one attached hydrogen (secondary N) is 1. The van der Waals surface area contributed by atoms with Gasteiger partial charge in [0.25, 0.3) is 5.91 Å². The number of carbonyl (C=O) groups is 3. The van der Waals surface area contributed by atoms with Crippen molar-refractivity contribution in [1.82, 2.24) is 19.5 Å². The van der Waals surface area contributed by atoms with E-state index in [1.54, 1.807) is 41.3 Å². The Bertz CT molecular complexity index is 1360. The molecule has 1 fully saturated rings. The van der Waals surface area contributed by atoms with Gasteiger partial charge in [-0.25, -0.2) is 19.4 Å². The summed E-state index contributed by atoms with van der Waals surface area (Å²) < 4.78 is 12.0. The zero-order valence-electron chi connectivity index (χ0n) is 22.1. The number of ether oxygens (including phenoxy) is 2. The van der Waals surface area contributed by atoms with Crippen molar-refractivity contribution < 1.29 is 23.9 Å². The Labute approximate surface area is 220 Å². The first-order valence-electron chi connectivity index (χ1n) is 12.3. The maximum atomic E-state index is 12.8. The first-order chi connectivity index (χ1) is 18.0. The lowest BCUT2D eigenvalue weighted by atomic mass is 10.1. The molecule has 2 amide bonds. The lowest BCUT2D eigenvalue weighted by Gasteiger charge is -2.28. The van der Waals surface area contributed by atoms with Gasteiger partial charge in [0.15, 0.2) is 11.6 Å². The van der Waals surface area contributed by atoms with Gasteiger partial charge in [-0.15, -0.1) is 0 Å². The van der Waals surface area contributed by atoms with Crippen molar-refractivity contribution in [3.63, 3.8) is 0 Å². The zero-order chi connectivity index (χ0) is 27.6. The number of methoxy groups -OCH3 is 1. The SMILES string of the molecule is COc1ccnc(NC(=O)c2ccc(-c3nc([C@@H]4CCCN4C(=O)OC(C)(C)C)n(N)c3C(C)=O)cc2)c1. The van der Waals surface area contributed by atoms with Crippen LogP contribution in [0.15, 0.2) is 42.6 Å². The third kappa shape index (κ3) is 5.61. The fourth-order valence-corrected chi connectivity index (χ4v) is 4.37. The molecule has 0 bridgehead atoms. The van der Waals surface area contributed by atoms with Gasteiger partial charge in [-0.2, -0.15) is 0 Å². The number of nitrogen functional groups attached to an aromatic ring is 1. The zero-order valence-corrected chi connectivity index (χ0v) is 22.1. The molecule has 1 atom stereocenters. The summed E-state index contributed by atoms with van der Waals surface area (Å²) in [6.45, 7) is 7.34. The lowest BCUT2D eigenvalue weighted by Crippen LogP contribution is -2.37. The number of hydrogen-bond donors (Lipinski definition) is 2.